The van der Waals surface area contributed by atoms with Crippen molar-refractivity contribution in [3.63, 3.8) is 0 Å². The average Bonchev–Trinajstić information content (AvgIpc) is 3.02. The highest BCUT2D eigenvalue weighted by molar-refractivity contribution is 6.38. The smallest absolute Gasteiger partial charge is 0.355 e. The van der Waals surface area contributed by atoms with Crippen molar-refractivity contribution in [1.29, 1.82) is 0 Å². The molecule has 1 saturated heterocycles. The summed E-state index contributed by atoms with van der Waals surface area (Å²) in [6, 6.07) is 3.58. The second-order valence-electron chi connectivity index (χ2n) is 12.9. The Morgan fingerprint density at radius 3 is 2.40 bits per heavy atom. The molecule has 4 aromatic rings. The number of amides is 1. The molecule has 2 unspecified atom stereocenters. The molecule has 3 aromatic heterocycles. The van der Waals surface area contributed by atoms with Crippen LogP contribution in [0.15, 0.2) is 42.0 Å². The molecule has 13 heteroatoms. The summed E-state index contributed by atoms with van der Waals surface area (Å²) in [6.07, 6.45) is 3.41. The van der Waals surface area contributed by atoms with E-state index in [0.717, 1.165) is 0 Å². The van der Waals surface area contributed by atoms with E-state index >= 15 is 4.39 Å². The highest BCUT2D eigenvalue weighted by Gasteiger charge is 2.40. The highest BCUT2D eigenvalue weighted by Crippen LogP contribution is 2.47. The molecule has 0 radical (unpaired) electrons. The summed E-state index contributed by atoms with van der Waals surface area (Å²) < 4.78 is 16.9. The molecule has 246 valence electrons. The van der Waals surface area contributed by atoms with Crippen LogP contribution in [0.1, 0.15) is 64.3 Å². The van der Waals surface area contributed by atoms with Gasteiger partial charge in [0.25, 0.3) is 0 Å². The zero-order valence-electron chi connectivity index (χ0n) is 27.3. The molecule has 1 fully saturated rings. The zero-order valence-corrected chi connectivity index (χ0v) is 28.1. The van der Waals surface area contributed by atoms with Gasteiger partial charge in [-0.15, -0.1) is 0 Å². The van der Waals surface area contributed by atoms with Crippen LogP contribution in [0, 0.1) is 5.82 Å². The Morgan fingerprint density at radius 2 is 1.79 bits per heavy atom. The summed E-state index contributed by atoms with van der Waals surface area (Å²) in [6.45, 7) is 14.9. The summed E-state index contributed by atoms with van der Waals surface area (Å²) in [7, 11) is 1.87. The minimum atomic E-state index is -0.715. The molecule has 1 N–H and O–H groups in total. The summed E-state index contributed by atoms with van der Waals surface area (Å²) >= 11 is 7.19. The Labute approximate surface area is 277 Å². The number of halogens is 2. The number of aromatic hydroxyl groups is 1. The Bertz CT molecular complexity index is 1930. The molecule has 1 amide bonds. The second-order valence-corrected chi connectivity index (χ2v) is 13.3. The molecule has 5 heterocycles. The number of carbonyl (C=O) groups is 1. The lowest BCUT2D eigenvalue weighted by molar-refractivity contribution is -0.127. The van der Waals surface area contributed by atoms with Gasteiger partial charge >= 0.3 is 5.69 Å². The van der Waals surface area contributed by atoms with Crippen molar-refractivity contribution < 1.29 is 14.3 Å². The number of benzene rings is 1. The molecule has 0 saturated carbocycles. The van der Waals surface area contributed by atoms with Crippen molar-refractivity contribution in [2.75, 3.05) is 36.5 Å². The lowest BCUT2D eigenvalue weighted by Crippen LogP contribution is -2.60. The first kappa shape index (κ1) is 32.4. The second kappa shape index (κ2) is 12.2. The minimum Gasteiger partial charge on any atom is -0.507 e. The van der Waals surface area contributed by atoms with Gasteiger partial charge in [-0.3, -0.25) is 4.79 Å². The number of hydrogen-bond donors (Lipinski definition) is 1. The lowest BCUT2D eigenvalue weighted by atomic mass is 9.98. The number of fused-ring (bicyclic) bond motifs is 2. The lowest BCUT2D eigenvalue weighted by Gasteiger charge is -2.48. The van der Waals surface area contributed by atoms with E-state index in [-0.39, 0.29) is 57.5 Å². The number of aromatic nitrogens is 5. The average molecular weight is 661 g/mol. The molecule has 0 spiro atoms. The van der Waals surface area contributed by atoms with Gasteiger partial charge in [0.05, 0.1) is 44.8 Å². The molecule has 47 heavy (non-hydrogen) atoms. The molecule has 0 bridgehead atoms. The van der Waals surface area contributed by atoms with Crippen LogP contribution in [0.25, 0.3) is 28.0 Å². The Hall–Kier alpha value is -4.58. The van der Waals surface area contributed by atoms with E-state index in [9.17, 15) is 14.7 Å². The molecular weight excluding hydrogens is 623 g/mol. The topological polar surface area (TPSA) is 121 Å². The Balaban J connectivity index is 1.79. The first-order valence-corrected chi connectivity index (χ1v) is 16.1. The van der Waals surface area contributed by atoms with Crippen LogP contribution in [0.2, 0.25) is 5.02 Å². The maximum absolute atomic E-state index is 15.5. The van der Waals surface area contributed by atoms with E-state index in [1.165, 1.54) is 35.2 Å². The predicted octanol–water partition coefficient (Wildman–Crippen LogP) is 5.41. The maximum atomic E-state index is 15.5. The van der Waals surface area contributed by atoms with E-state index < -0.39 is 11.5 Å². The van der Waals surface area contributed by atoms with Crippen LogP contribution in [0.4, 0.5) is 15.9 Å². The SMILES string of the molecule is C=CC(=O)N1CC(C)N2c3nc(=O)n(-c4c(C(C)C)ncnc4C(C)C)c4nc(-c5c(O)cccc5F)c(Cl)c(c34)N(C)CCC2C1. The summed E-state index contributed by atoms with van der Waals surface area (Å²) in [4.78, 5) is 51.9. The first-order chi connectivity index (χ1) is 22.3. The maximum Gasteiger partial charge on any atom is 0.355 e. The van der Waals surface area contributed by atoms with Gasteiger partial charge < -0.3 is 19.8 Å². The number of pyridine rings is 1. The largest absolute Gasteiger partial charge is 0.507 e. The fraction of sp³-hybridized carbons (Fsp3) is 0.412. The normalized spacial score (nSPS) is 18.0. The monoisotopic (exact) mass is 660 g/mol. The van der Waals surface area contributed by atoms with Crippen molar-refractivity contribution in [3.8, 4) is 22.7 Å². The van der Waals surface area contributed by atoms with Crippen LogP contribution in [-0.4, -0.2) is 79.2 Å². The molecule has 2 atom stereocenters. The summed E-state index contributed by atoms with van der Waals surface area (Å²) in [5.74, 6) is -1.04. The van der Waals surface area contributed by atoms with Crippen molar-refractivity contribution in [2.24, 2.45) is 0 Å². The fourth-order valence-corrected chi connectivity index (χ4v) is 7.27. The number of phenolic OH excluding ortho intramolecular Hbond substituents is 1. The van der Waals surface area contributed by atoms with Crippen LogP contribution < -0.4 is 15.5 Å². The fourth-order valence-electron chi connectivity index (χ4n) is 6.89. The van der Waals surface area contributed by atoms with Crippen LogP contribution in [-0.2, 0) is 4.79 Å². The van der Waals surface area contributed by atoms with E-state index in [1.54, 1.807) is 4.90 Å². The first-order valence-electron chi connectivity index (χ1n) is 15.8. The van der Waals surface area contributed by atoms with E-state index in [2.05, 4.69) is 21.4 Å². The number of piperazine rings is 1. The number of nitrogens with zero attached hydrogens (tertiary/aromatic N) is 8. The predicted molar refractivity (Wildman–Crippen MR) is 181 cm³/mol. The summed E-state index contributed by atoms with van der Waals surface area (Å²) in [5.41, 5.74) is 1.58. The van der Waals surface area contributed by atoms with Crippen LogP contribution in [0.5, 0.6) is 5.75 Å². The van der Waals surface area contributed by atoms with E-state index in [4.69, 9.17) is 21.6 Å². The molecule has 11 nitrogen and oxygen atoms in total. The number of anilines is 2. The third kappa shape index (κ3) is 5.28. The Morgan fingerprint density at radius 1 is 1.11 bits per heavy atom. The van der Waals surface area contributed by atoms with Gasteiger partial charge in [-0.05, 0) is 43.4 Å². The van der Waals surface area contributed by atoms with Crippen molar-refractivity contribution >= 4 is 40.0 Å². The van der Waals surface area contributed by atoms with Crippen LogP contribution >= 0.6 is 11.6 Å². The van der Waals surface area contributed by atoms with Crippen molar-refractivity contribution in [3.05, 3.63) is 69.9 Å². The quantitative estimate of drug-likeness (QED) is 0.280. The number of carbonyl (C=O) groups excluding carboxylic acids is 1. The van der Waals surface area contributed by atoms with Gasteiger partial charge in [-0.1, -0.05) is 51.9 Å². The van der Waals surface area contributed by atoms with Crippen LogP contribution in [0.3, 0.4) is 0 Å². The Kier molecular flexibility index (Phi) is 8.41. The number of hydrogen-bond acceptors (Lipinski definition) is 9. The van der Waals surface area contributed by atoms with Gasteiger partial charge in [0.2, 0.25) is 5.91 Å². The third-order valence-electron chi connectivity index (χ3n) is 9.04. The standard InChI is InChI=1S/C34H38ClFN8O3/c1-8-23(46)42-14-19(6)43-20(15-42)12-13-41(7)30-25-32(39-29(26(30)35)24-21(36)10-9-11-22(24)45)44(34(47)40-33(25)43)31-27(17(2)3)37-16-38-28(31)18(4)5/h8-11,16-20,45H,1,12-15H2,2-7H3. The van der Waals surface area contributed by atoms with Gasteiger partial charge in [0.1, 0.15) is 29.4 Å². The van der Waals surface area contributed by atoms with E-state index in [0.29, 0.717) is 60.0 Å². The molecule has 1 aromatic carbocycles. The molecule has 0 aliphatic carbocycles. The van der Waals surface area contributed by atoms with Crippen molar-refractivity contribution in [2.45, 2.75) is 65.0 Å². The molecule has 2 aliphatic rings. The molecule has 2 aliphatic heterocycles. The van der Waals surface area contributed by atoms with Gasteiger partial charge in [-0.25, -0.2) is 28.7 Å². The highest BCUT2D eigenvalue weighted by atomic mass is 35.5. The van der Waals surface area contributed by atoms with Gasteiger partial charge in [-0.2, -0.15) is 4.98 Å². The third-order valence-corrected chi connectivity index (χ3v) is 9.40. The molecular formula is C34H38ClFN8O3. The molecule has 6 rings (SSSR count). The zero-order chi connectivity index (χ0) is 33.9. The number of rotatable bonds is 5. The van der Waals surface area contributed by atoms with Crippen molar-refractivity contribution in [1.82, 2.24) is 29.4 Å². The summed E-state index contributed by atoms with van der Waals surface area (Å²) in [5, 5.41) is 11.5. The number of phenols is 1. The van der Waals surface area contributed by atoms with Gasteiger partial charge in [0.15, 0.2) is 5.65 Å². The van der Waals surface area contributed by atoms with E-state index in [1.807, 2.05) is 46.6 Å². The minimum absolute atomic E-state index is 0.0115. The van der Waals surface area contributed by atoms with Gasteiger partial charge in [0, 0.05) is 32.7 Å².